The van der Waals surface area contributed by atoms with E-state index in [0.717, 1.165) is 10.6 Å². The molecule has 6 nitrogen and oxygen atoms in total. The topological polar surface area (TPSA) is 83.6 Å². The normalized spacial score (nSPS) is 12.3. The molecule has 2 rings (SSSR count). The number of carbonyl (C=O) groups excluding carboxylic acids is 2. The summed E-state index contributed by atoms with van der Waals surface area (Å²) in [6, 6.07) is 11.3. The van der Waals surface area contributed by atoms with Crippen LogP contribution >= 0.6 is 0 Å². The van der Waals surface area contributed by atoms with Gasteiger partial charge in [0.1, 0.15) is 12.4 Å². The average molecular weight is 392 g/mol. The molecule has 0 aromatic heterocycles. The number of halogens is 1. The summed E-state index contributed by atoms with van der Waals surface area (Å²) in [5.41, 5.74) is 1.27. The molecule has 1 amide bonds. The third-order valence-corrected chi connectivity index (χ3v) is 5.12. The van der Waals surface area contributed by atoms with Crippen LogP contribution in [0.25, 0.3) is 0 Å². The van der Waals surface area contributed by atoms with Crippen LogP contribution < -0.4 is 9.62 Å². The first-order valence-corrected chi connectivity index (χ1v) is 10.1. The van der Waals surface area contributed by atoms with E-state index in [4.69, 9.17) is 0 Å². The Morgan fingerprint density at radius 1 is 1.15 bits per heavy atom. The number of benzene rings is 2. The van der Waals surface area contributed by atoms with Crippen molar-refractivity contribution in [3.05, 3.63) is 65.5 Å². The molecule has 0 aliphatic carbocycles. The van der Waals surface area contributed by atoms with E-state index < -0.39 is 28.5 Å². The maximum absolute atomic E-state index is 13.0. The number of nitrogens with zero attached hydrogens (tertiary/aromatic N) is 1. The Bertz CT molecular complexity index is 942. The highest BCUT2D eigenvalue weighted by Crippen LogP contribution is 2.20. The Kier molecular flexibility index (Phi) is 6.32. The van der Waals surface area contributed by atoms with Crippen molar-refractivity contribution >= 4 is 27.4 Å². The quantitative estimate of drug-likeness (QED) is 0.735. The lowest BCUT2D eigenvalue weighted by Crippen LogP contribution is -2.41. The van der Waals surface area contributed by atoms with E-state index in [2.05, 4.69) is 5.32 Å². The van der Waals surface area contributed by atoms with Crippen molar-refractivity contribution in [2.45, 2.75) is 19.9 Å². The molecule has 0 aliphatic heterocycles. The third-order valence-electron chi connectivity index (χ3n) is 3.98. The minimum Gasteiger partial charge on any atom is -0.348 e. The molecule has 2 aromatic rings. The van der Waals surface area contributed by atoms with E-state index in [-0.39, 0.29) is 17.3 Å². The first-order valence-electron chi connectivity index (χ1n) is 8.21. The highest BCUT2D eigenvalue weighted by atomic mass is 32.2. The highest BCUT2D eigenvalue weighted by molar-refractivity contribution is 7.92. The zero-order chi connectivity index (χ0) is 20.2. The lowest BCUT2D eigenvalue weighted by Gasteiger charge is -2.23. The predicted molar refractivity (Wildman–Crippen MR) is 102 cm³/mol. The first-order chi connectivity index (χ1) is 12.6. The Morgan fingerprint density at radius 3 is 2.33 bits per heavy atom. The molecule has 8 heteroatoms. The van der Waals surface area contributed by atoms with Crippen molar-refractivity contribution in [1.82, 2.24) is 5.32 Å². The monoisotopic (exact) mass is 392 g/mol. The van der Waals surface area contributed by atoms with Gasteiger partial charge in [-0.05, 0) is 43.7 Å². The van der Waals surface area contributed by atoms with Crippen LogP contribution in [-0.4, -0.2) is 32.9 Å². The number of nitrogens with one attached hydrogen (secondary N) is 1. The molecule has 144 valence electrons. The second kappa shape index (κ2) is 8.30. The molecule has 0 spiro atoms. The van der Waals surface area contributed by atoms with E-state index in [1.807, 2.05) is 0 Å². The number of ketones is 1. The molecule has 0 saturated carbocycles. The van der Waals surface area contributed by atoms with Crippen molar-refractivity contribution < 1.29 is 22.4 Å². The van der Waals surface area contributed by atoms with Crippen molar-refractivity contribution in [3.8, 4) is 0 Å². The zero-order valence-corrected chi connectivity index (χ0v) is 16.1. The third kappa shape index (κ3) is 5.62. The number of amides is 1. The van der Waals surface area contributed by atoms with Crippen LogP contribution in [0.2, 0.25) is 0 Å². The minimum atomic E-state index is -3.75. The fraction of sp³-hybridized carbons (Fsp3) is 0.263. The lowest BCUT2D eigenvalue weighted by atomic mass is 10.1. The molecule has 0 bridgehead atoms. The van der Waals surface area contributed by atoms with E-state index >= 15 is 0 Å². The van der Waals surface area contributed by atoms with Crippen LogP contribution in [0.3, 0.4) is 0 Å². The number of hydrogen-bond acceptors (Lipinski definition) is 4. The predicted octanol–water partition coefficient (Wildman–Crippen LogP) is 2.67. The number of sulfonamides is 1. The Hall–Kier alpha value is -2.74. The number of hydrogen-bond donors (Lipinski definition) is 1. The summed E-state index contributed by atoms with van der Waals surface area (Å²) in [5.74, 6) is -1.11. The van der Waals surface area contributed by atoms with Gasteiger partial charge < -0.3 is 5.32 Å². The van der Waals surface area contributed by atoms with Crippen LogP contribution in [0, 0.1) is 5.82 Å². The summed E-state index contributed by atoms with van der Waals surface area (Å²) < 4.78 is 38.3. The van der Waals surface area contributed by atoms with Crippen LogP contribution in [0.4, 0.5) is 10.1 Å². The summed E-state index contributed by atoms with van der Waals surface area (Å²) >= 11 is 0. The molecule has 0 heterocycles. The maximum Gasteiger partial charge on any atom is 0.241 e. The van der Waals surface area contributed by atoms with Crippen molar-refractivity contribution in [3.63, 3.8) is 0 Å². The fourth-order valence-electron chi connectivity index (χ4n) is 2.53. The van der Waals surface area contributed by atoms with E-state index in [1.54, 1.807) is 31.2 Å². The molecular formula is C19H21FN2O4S. The van der Waals surface area contributed by atoms with E-state index in [9.17, 15) is 22.4 Å². The minimum absolute atomic E-state index is 0.209. The molecule has 0 radical (unpaired) electrons. The smallest absolute Gasteiger partial charge is 0.241 e. The molecule has 0 fully saturated rings. The maximum atomic E-state index is 13.0. The average Bonchev–Trinajstić information content (AvgIpc) is 2.59. The van der Waals surface area contributed by atoms with E-state index in [0.29, 0.717) is 11.1 Å². The second-order valence-corrected chi connectivity index (χ2v) is 8.12. The van der Waals surface area contributed by atoms with Crippen LogP contribution in [0.15, 0.2) is 48.5 Å². The van der Waals surface area contributed by atoms with Crippen LogP contribution in [0.5, 0.6) is 0 Å². The number of anilines is 1. The van der Waals surface area contributed by atoms with Gasteiger partial charge in [0.25, 0.3) is 0 Å². The number of rotatable bonds is 7. The van der Waals surface area contributed by atoms with Gasteiger partial charge in [0.2, 0.25) is 15.9 Å². The molecule has 1 N–H and O–H groups in total. The molecule has 0 unspecified atom stereocenters. The largest absolute Gasteiger partial charge is 0.348 e. The first kappa shape index (κ1) is 20.6. The van der Waals surface area contributed by atoms with E-state index in [1.165, 1.54) is 31.2 Å². The molecular weight excluding hydrogens is 371 g/mol. The van der Waals surface area contributed by atoms with Gasteiger partial charge in [0.15, 0.2) is 5.78 Å². The Morgan fingerprint density at radius 2 is 1.78 bits per heavy atom. The van der Waals surface area contributed by atoms with Gasteiger partial charge in [-0.1, -0.05) is 24.3 Å². The van der Waals surface area contributed by atoms with Gasteiger partial charge in [0.05, 0.1) is 18.0 Å². The number of Topliss-reactive ketones (excluding diaryl/α,β-unsaturated/α-hetero) is 1. The van der Waals surface area contributed by atoms with Crippen molar-refractivity contribution in [2.75, 3.05) is 17.1 Å². The van der Waals surface area contributed by atoms with Gasteiger partial charge in [-0.15, -0.1) is 0 Å². The molecule has 0 aliphatic rings. The highest BCUT2D eigenvalue weighted by Gasteiger charge is 2.22. The van der Waals surface area contributed by atoms with Crippen molar-refractivity contribution in [1.29, 1.82) is 0 Å². The molecule has 0 saturated heterocycles. The summed E-state index contributed by atoms with van der Waals surface area (Å²) in [5, 5.41) is 2.69. The summed E-state index contributed by atoms with van der Waals surface area (Å²) in [7, 11) is -3.75. The van der Waals surface area contributed by atoms with Gasteiger partial charge in [-0.3, -0.25) is 13.9 Å². The summed E-state index contributed by atoms with van der Waals surface area (Å²) in [6.07, 6.45) is 0.990. The van der Waals surface area contributed by atoms with Gasteiger partial charge >= 0.3 is 0 Å². The Balaban J connectivity index is 2.19. The van der Waals surface area contributed by atoms with Gasteiger partial charge in [-0.2, -0.15) is 0 Å². The SMILES string of the molecule is CC(=O)c1cccc(N(CC(=O)N[C@@H](C)c2ccc(F)cc2)S(C)(=O)=O)c1. The summed E-state index contributed by atoms with van der Waals surface area (Å²) in [4.78, 5) is 23.9. The second-order valence-electron chi connectivity index (χ2n) is 6.22. The Labute approximate surface area is 158 Å². The molecule has 2 aromatic carbocycles. The van der Waals surface area contributed by atoms with Gasteiger partial charge in [-0.25, -0.2) is 12.8 Å². The van der Waals surface area contributed by atoms with Crippen LogP contribution in [-0.2, 0) is 14.8 Å². The number of carbonyl (C=O) groups is 2. The van der Waals surface area contributed by atoms with Gasteiger partial charge in [0, 0.05) is 5.56 Å². The van der Waals surface area contributed by atoms with Crippen LogP contribution in [0.1, 0.15) is 35.8 Å². The fourth-order valence-corrected chi connectivity index (χ4v) is 3.38. The molecule has 1 atom stereocenters. The zero-order valence-electron chi connectivity index (χ0n) is 15.3. The lowest BCUT2D eigenvalue weighted by molar-refractivity contribution is -0.120. The summed E-state index contributed by atoms with van der Waals surface area (Å²) in [6.45, 7) is 2.65. The van der Waals surface area contributed by atoms with Crippen molar-refractivity contribution in [2.24, 2.45) is 0 Å². The molecule has 27 heavy (non-hydrogen) atoms. The standard InChI is InChI=1S/C19H21FN2O4S/c1-13(15-7-9-17(20)10-8-15)21-19(24)12-22(27(3,25)26)18-6-4-5-16(11-18)14(2)23/h4-11,13H,12H2,1-3H3,(H,21,24)/t13-/m0/s1.